The molecule has 86 valence electrons. The average Bonchev–Trinajstić information content (AvgIpc) is 2.62. The average molecular weight is 213 g/mol. The van der Waals surface area contributed by atoms with E-state index < -0.39 is 0 Å². The fourth-order valence-corrected chi connectivity index (χ4v) is 1.45. The minimum Gasteiger partial charge on any atom is -0.382 e. The second-order valence-electron chi connectivity index (χ2n) is 3.73. The highest BCUT2D eigenvalue weighted by atomic mass is 16.5. The van der Waals surface area contributed by atoms with Crippen LogP contribution in [0.5, 0.6) is 0 Å². The van der Waals surface area contributed by atoms with Crippen molar-refractivity contribution in [3.8, 4) is 0 Å². The van der Waals surface area contributed by atoms with E-state index >= 15 is 0 Å². The summed E-state index contributed by atoms with van der Waals surface area (Å²) in [6.45, 7) is 2.01. The van der Waals surface area contributed by atoms with Crippen molar-refractivity contribution in [1.29, 1.82) is 0 Å². The molecular formula is C9H19N5O. The molecule has 0 spiro atoms. The van der Waals surface area contributed by atoms with Gasteiger partial charge in [-0.15, -0.1) is 5.10 Å². The second-order valence-corrected chi connectivity index (χ2v) is 3.73. The van der Waals surface area contributed by atoms with Gasteiger partial charge in [0.05, 0.1) is 11.8 Å². The molecular weight excluding hydrogens is 194 g/mol. The van der Waals surface area contributed by atoms with E-state index in [0.717, 1.165) is 18.5 Å². The number of aryl methyl sites for hydroxylation is 1. The van der Waals surface area contributed by atoms with E-state index in [1.807, 2.05) is 20.2 Å². The van der Waals surface area contributed by atoms with Crippen LogP contribution in [0, 0.1) is 0 Å². The first-order valence-corrected chi connectivity index (χ1v) is 4.99. The summed E-state index contributed by atoms with van der Waals surface area (Å²) in [6, 6.07) is 0.164. The first-order chi connectivity index (χ1) is 7.15. The highest BCUT2D eigenvalue weighted by Crippen LogP contribution is 2.06. The van der Waals surface area contributed by atoms with Crippen molar-refractivity contribution in [2.75, 3.05) is 7.11 Å². The molecule has 2 unspecified atom stereocenters. The third kappa shape index (κ3) is 3.94. The Balaban J connectivity index is 2.46. The normalized spacial score (nSPS) is 15.2. The van der Waals surface area contributed by atoms with Gasteiger partial charge in [-0.25, -0.2) is 0 Å². The second kappa shape index (κ2) is 5.79. The summed E-state index contributed by atoms with van der Waals surface area (Å²) in [5.41, 5.74) is 3.70. The van der Waals surface area contributed by atoms with Crippen LogP contribution in [0.15, 0.2) is 6.20 Å². The molecule has 3 N–H and O–H groups in total. The number of nitrogens with zero attached hydrogens (tertiary/aromatic N) is 3. The molecule has 0 aliphatic rings. The Morgan fingerprint density at radius 3 is 2.87 bits per heavy atom. The van der Waals surface area contributed by atoms with Crippen LogP contribution in [0.2, 0.25) is 0 Å². The monoisotopic (exact) mass is 213 g/mol. The van der Waals surface area contributed by atoms with Gasteiger partial charge in [0.1, 0.15) is 0 Å². The molecule has 0 saturated heterocycles. The van der Waals surface area contributed by atoms with Crippen molar-refractivity contribution in [3.05, 3.63) is 11.9 Å². The Morgan fingerprint density at radius 1 is 1.67 bits per heavy atom. The molecule has 0 bridgehead atoms. The number of nitrogens with one attached hydrogen (secondary N) is 1. The molecule has 1 heterocycles. The standard InChI is InChI=1S/C9H19N5O/c1-7(15-3)4-8(11-10)5-9-6-14(2)13-12-9/h6-8,11H,4-5,10H2,1-3H3. The molecule has 1 aromatic rings. The number of hydrogen-bond acceptors (Lipinski definition) is 5. The summed E-state index contributed by atoms with van der Waals surface area (Å²) < 4.78 is 6.87. The highest BCUT2D eigenvalue weighted by Gasteiger charge is 2.13. The lowest BCUT2D eigenvalue weighted by atomic mass is 10.1. The molecule has 0 amide bonds. The zero-order chi connectivity index (χ0) is 11.3. The fourth-order valence-electron chi connectivity index (χ4n) is 1.45. The third-order valence-corrected chi connectivity index (χ3v) is 2.36. The van der Waals surface area contributed by atoms with Crippen molar-refractivity contribution >= 4 is 0 Å². The molecule has 0 radical (unpaired) electrons. The topological polar surface area (TPSA) is 78.0 Å². The van der Waals surface area contributed by atoms with Crippen molar-refractivity contribution in [3.63, 3.8) is 0 Å². The maximum absolute atomic E-state index is 5.47. The van der Waals surface area contributed by atoms with Gasteiger partial charge < -0.3 is 4.74 Å². The van der Waals surface area contributed by atoms with Crippen LogP contribution in [0.4, 0.5) is 0 Å². The lowest BCUT2D eigenvalue weighted by Crippen LogP contribution is -2.39. The molecule has 0 fully saturated rings. The van der Waals surface area contributed by atoms with Gasteiger partial charge in [0, 0.05) is 32.8 Å². The molecule has 0 aliphatic heterocycles. The summed E-state index contributed by atoms with van der Waals surface area (Å²) in [4.78, 5) is 0. The van der Waals surface area contributed by atoms with Gasteiger partial charge in [-0.2, -0.15) is 0 Å². The zero-order valence-electron chi connectivity index (χ0n) is 9.47. The number of aromatic nitrogens is 3. The van der Waals surface area contributed by atoms with Crippen molar-refractivity contribution in [2.45, 2.75) is 31.9 Å². The van der Waals surface area contributed by atoms with Crippen LogP contribution >= 0.6 is 0 Å². The van der Waals surface area contributed by atoms with E-state index in [1.165, 1.54) is 0 Å². The Hall–Kier alpha value is -0.980. The van der Waals surface area contributed by atoms with Crippen LogP contribution in [0.1, 0.15) is 19.0 Å². The van der Waals surface area contributed by atoms with Gasteiger partial charge in [0.15, 0.2) is 0 Å². The predicted octanol–water partition coefficient (Wildman–Crippen LogP) is -0.385. The zero-order valence-corrected chi connectivity index (χ0v) is 9.47. The maximum Gasteiger partial charge on any atom is 0.0843 e. The summed E-state index contributed by atoms with van der Waals surface area (Å²) in [7, 11) is 3.54. The van der Waals surface area contributed by atoms with Crippen molar-refractivity contribution < 1.29 is 4.74 Å². The Kier molecular flexibility index (Phi) is 4.67. The number of nitrogens with two attached hydrogens (primary N) is 1. The fraction of sp³-hybridized carbons (Fsp3) is 0.778. The van der Waals surface area contributed by atoms with Gasteiger partial charge in [0.25, 0.3) is 0 Å². The van der Waals surface area contributed by atoms with Crippen LogP contribution in [-0.2, 0) is 18.2 Å². The molecule has 1 rings (SSSR count). The van der Waals surface area contributed by atoms with E-state index in [1.54, 1.807) is 11.8 Å². The number of hydrazine groups is 1. The molecule has 6 nitrogen and oxygen atoms in total. The molecule has 6 heteroatoms. The molecule has 0 aliphatic carbocycles. The highest BCUT2D eigenvalue weighted by molar-refractivity contribution is 4.95. The summed E-state index contributed by atoms with van der Waals surface area (Å²) >= 11 is 0. The minimum absolute atomic E-state index is 0.164. The van der Waals surface area contributed by atoms with Crippen molar-refractivity contribution in [1.82, 2.24) is 20.4 Å². The summed E-state index contributed by atoms with van der Waals surface area (Å²) in [6.07, 6.45) is 3.69. The number of hydrogen-bond donors (Lipinski definition) is 2. The van der Waals surface area contributed by atoms with E-state index in [0.29, 0.717) is 0 Å². The van der Waals surface area contributed by atoms with Gasteiger partial charge in [0.2, 0.25) is 0 Å². The van der Waals surface area contributed by atoms with Crippen LogP contribution in [0.25, 0.3) is 0 Å². The molecule has 0 saturated carbocycles. The molecule has 2 atom stereocenters. The number of ether oxygens (including phenoxy) is 1. The number of rotatable bonds is 6. The first kappa shape index (κ1) is 12.1. The molecule has 15 heavy (non-hydrogen) atoms. The van der Waals surface area contributed by atoms with Crippen LogP contribution in [0.3, 0.4) is 0 Å². The van der Waals surface area contributed by atoms with Gasteiger partial charge in [-0.3, -0.25) is 16.0 Å². The first-order valence-electron chi connectivity index (χ1n) is 4.99. The number of methoxy groups -OCH3 is 1. The van der Waals surface area contributed by atoms with Crippen LogP contribution in [-0.4, -0.2) is 34.2 Å². The predicted molar refractivity (Wildman–Crippen MR) is 56.9 cm³/mol. The van der Waals surface area contributed by atoms with E-state index in [-0.39, 0.29) is 12.1 Å². The lowest BCUT2D eigenvalue weighted by Gasteiger charge is -2.18. The summed E-state index contributed by atoms with van der Waals surface area (Å²) in [5.74, 6) is 5.47. The Morgan fingerprint density at radius 2 is 2.40 bits per heavy atom. The summed E-state index contributed by atoms with van der Waals surface area (Å²) in [5, 5.41) is 7.88. The SMILES string of the molecule is COC(C)CC(Cc1cn(C)nn1)NN. The van der Waals surface area contributed by atoms with Gasteiger partial charge in [-0.1, -0.05) is 5.21 Å². The quantitative estimate of drug-likeness (QED) is 0.497. The Bertz CT molecular complexity index is 288. The largest absolute Gasteiger partial charge is 0.382 e. The van der Waals surface area contributed by atoms with E-state index in [9.17, 15) is 0 Å². The van der Waals surface area contributed by atoms with E-state index in [2.05, 4.69) is 15.7 Å². The van der Waals surface area contributed by atoms with Crippen LogP contribution < -0.4 is 11.3 Å². The molecule has 1 aromatic heterocycles. The van der Waals surface area contributed by atoms with E-state index in [4.69, 9.17) is 10.6 Å². The smallest absolute Gasteiger partial charge is 0.0843 e. The molecule has 0 aromatic carbocycles. The lowest BCUT2D eigenvalue weighted by molar-refractivity contribution is 0.100. The van der Waals surface area contributed by atoms with Gasteiger partial charge in [-0.05, 0) is 13.3 Å². The third-order valence-electron chi connectivity index (χ3n) is 2.36. The minimum atomic E-state index is 0.164. The van der Waals surface area contributed by atoms with Gasteiger partial charge >= 0.3 is 0 Å². The van der Waals surface area contributed by atoms with Crippen molar-refractivity contribution in [2.24, 2.45) is 12.9 Å². The Labute approximate surface area is 89.8 Å². The maximum atomic E-state index is 5.47.